The molecule has 21 heavy (non-hydrogen) atoms. The van der Waals surface area contributed by atoms with Crippen LogP contribution in [0.25, 0.3) is 0 Å². The second-order valence-electron chi connectivity index (χ2n) is 6.37. The van der Waals surface area contributed by atoms with Gasteiger partial charge < -0.3 is 11.1 Å². The normalized spacial score (nSPS) is 22.3. The van der Waals surface area contributed by atoms with Crippen molar-refractivity contribution in [2.75, 3.05) is 24.6 Å². The Labute approximate surface area is 127 Å². The number of benzene rings is 1. The maximum absolute atomic E-state index is 12.2. The molecule has 1 saturated carbocycles. The smallest absolute Gasteiger partial charge is 0.238 e. The van der Waals surface area contributed by atoms with Gasteiger partial charge in [0.25, 0.3) is 0 Å². The molecule has 2 atom stereocenters. The maximum atomic E-state index is 12.2. The Hall–Kier alpha value is -1.55. The lowest BCUT2D eigenvalue weighted by molar-refractivity contribution is -0.117. The molecule has 1 fully saturated rings. The Balaban J connectivity index is 1.93. The summed E-state index contributed by atoms with van der Waals surface area (Å²) < 4.78 is 0. The summed E-state index contributed by atoms with van der Waals surface area (Å²) in [7, 11) is 2.05. The van der Waals surface area contributed by atoms with Crippen LogP contribution in [0.4, 0.5) is 11.4 Å². The number of rotatable bonds is 4. The summed E-state index contributed by atoms with van der Waals surface area (Å²) in [5.74, 6) is 0.703. The summed E-state index contributed by atoms with van der Waals surface area (Å²) in [6.45, 7) is 4.70. The van der Waals surface area contributed by atoms with Crippen LogP contribution in [0.5, 0.6) is 0 Å². The first-order chi connectivity index (χ1) is 9.97. The number of hydrogen-bond donors (Lipinski definition) is 2. The summed E-state index contributed by atoms with van der Waals surface area (Å²) >= 11 is 0. The van der Waals surface area contributed by atoms with Gasteiger partial charge in [-0.15, -0.1) is 0 Å². The summed E-state index contributed by atoms with van der Waals surface area (Å²) in [5, 5.41) is 2.98. The van der Waals surface area contributed by atoms with Crippen LogP contribution < -0.4 is 11.1 Å². The Morgan fingerprint density at radius 2 is 2.10 bits per heavy atom. The fourth-order valence-corrected chi connectivity index (χ4v) is 3.26. The van der Waals surface area contributed by atoms with Crippen molar-refractivity contribution >= 4 is 17.3 Å². The van der Waals surface area contributed by atoms with Crippen molar-refractivity contribution in [3.8, 4) is 0 Å². The van der Waals surface area contributed by atoms with Crippen LogP contribution in [0.15, 0.2) is 18.2 Å². The Kier molecular flexibility index (Phi) is 5.23. The molecular formula is C17H27N3O. The number of aryl methyl sites for hydroxylation is 1. The minimum atomic E-state index is 0.0315. The van der Waals surface area contributed by atoms with Gasteiger partial charge in [-0.3, -0.25) is 9.69 Å². The quantitative estimate of drug-likeness (QED) is 0.838. The first-order valence-electron chi connectivity index (χ1n) is 7.83. The van der Waals surface area contributed by atoms with E-state index in [0.717, 1.165) is 11.3 Å². The molecule has 2 unspecified atom stereocenters. The number of amides is 1. The molecular weight excluding hydrogens is 262 g/mol. The van der Waals surface area contributed by atoms with Crippen molar-refractivity contribution in [1.82, 2.24) is 4.90 Å². The lowest BCUT2D eigenvalue weighted by atomic mass is 9.85. The van der Waals surface area contributed by atoms with Crippen molar-refractivity contribution in [3.05, 3.63) is 23.8 Å². The van der Waals surface area contributed by atoms with Crippen molar-refractivity contribution in [3.63, 3.8) is 0 Å². The second-order valence-corrected chi connectivity index (χ2v) is 6.37. The molecule has 116 valence electrons. The molecule has 1 aromatic carbocycles. The van der Waals surface area contributed by atoms with Gasteiger partial charge in [0, 0.05) is 17.4 Å². The van der Waals surface area contributed by atoms with Gasteiger partial charge in [-0.25, -0.2) is 0 Å². The number of hydrogen-bond acceptors (Lipinski definition) is 3. The fraction of sp³-hybridized carbons (Fsp3) is 0.588. The van der Waals surface area contributed by atoms with Gasteiger partial charge in [-0.1, -0.05) is 25.8 Å². The largest absolute Gasteiger partial charge is 0.399 e. The molecule has 3 N–H and O–H groups in total. The highest BCUT2D eigenvalue weighted by atomic mass is 16.2. The van der Waals surface area contributed by atoms with E-state index in [4.69, 9.17) is 5.73 Å². The number of nitrogens with one attached hydrogen (secondary N) is 1. The molecule has 0 spiro atoms. The van der Waals surface area contributed by atoms with E-state index in [1.165, 1.54) is 25.7 Å². The number of carbonyl (C=O) groups excluding carboxylic acids is 1. The van der Waals surface area contributed by atoms with Gasteiger partial charge in [0.15, 0.2) is 0 Å². The molecule has 0 aromatic heterocycles. The van der Waals surface area contributed by atoms with Gasteiger partial charge in [0.05, 0.1) is 6.54 Å². The Morgan fingerprint density at radius 3 is 2.81 bits per heavy atom. The van der Waals surface area contributed by atoms with Gasteiger partial charge in [-0.05, 0) is 50.4 Å². The molecule has 0 aliphatic heterocycles. The van der Waals surface area contributed by atoms with E-state index in [1.807, 2.05) is 25.1 Å². The summed E-state index contributed by atoms with van der Waals surface area (Å²) in [4.78, 5) is 14.4. The zero-order chi connectivity index (χ0) is 15.4. The summed E-state index contributed by atoms with van der Waals surface area (Å²) in [6.07, 6.45) is 5.06. The number of carbonyl (C=O) groups is 1. The molecule has 1 amide bonds. The highest BCUT2D eigenvalue weighted by Gasteiger charge is 2.25. The van der Waals surface area contributed by atoms with E-state index in [9.17, 15) is 4.79 Å². The van der Waals surface area contributed by atoms with Crippen LogP contribution in [0.3, 0.4) is 0 Å². The van der Waals surface area contributed by atoms with Crippen LogP contribution in [0.2, 0.25) is 0 Å². The monoisotopic (exact) mass is 289 g/mol. The van der Waals surface area contributed by atoms with Crippen molar-refractivity contribution in [2.24, 2.45) is 5.92 Å². The number of anilines is 2. The third-order valence-corrected chi connectivity index (χ3v) is 4.56. The van der Waals surface area contributed by atoms with Crippen LogP contribution in [-0.2, 0) is 4.79 Å². The van der Waals surface area contributed by atoms with Gasteiger partial charge in [0.2, 0.25) is 5.91 Å². The lowest BCUT2D eigenvalue weighted by Gasteiger charge is -2.35. The molecule has 1 aromatic rings. The van der Waals surface area contributed by atoms with Crippen LogP contribution in [0.1, 0.15) is 38.2 Å². The molecule has 2 rings (SSSR count). The van der Waals surface area contributed by atoms with Crippen LogP contribution in [0, 0.1) is 12.8 Å². The van der Waals surface area contributed by atoms with Crippen molar-refractivity contribution in [2.45, 2.75) is 45.6 Å². The molecule has 0 heterocycles. The van der Waals surface area contributed by atoms with Crippen molar-refractivity contribution in [1.29, 1.82) is 0 Å². The molecule has 1 aliphatic rings. The predicted octanol–water partition coefficient (Wildman–Crippen LogP) is 3.03. The number of nitrogens with two attached hydrogens (primary N) is 1. The third-order valence-electron chi connectivity index (χ3n) is 4.56. The average Bonchev–Trinajstić information content (AvgIpc) is 2.43. The first-order valence-corrected chi connectivity index (χ1v) is 7.83. The average molecular weight is 289 g/mol. The maximum Gasteiger partial charge on any atom is 0.238 e. The highest BCUT2D eigenvalue weighted by molar-refractivity contribution is 5.93. The molecule has 4 nitrogen and oxygen atoms in total. The van der Waals surface area contributed by atoms with Gasteiger partial charge in [-0.2, -0.15) is 0 Å². The van der Waals surface area contributed by atoms with E-state index < -0.39 is 0 Å². The zero-order valence-corrected chi connectivity index (χ0v) is 13.4. The number of nitrogens with zero attached hydrogens (tertiary/aromatic N) is 1. The van der Waals surface area contributed by atoms with E-state index in [1.54, 1.807) is 0 Å². The first kappa shape index (κ1) is 15.8. The molecule has 0 saturated heterocycles. The highest BCUT2D eigenvalue weighted by Crippen LogP contribution is 2.27. The zero-order valence-electron chi connectivity index (χ0n) is 13.4. The lowest BCUT2D eigenvalue weighted by Crippen LogP contribution is -2.42. The third kappa shape index (κ3) is 4.21. The minimum Gasteiger partial charge on any atom is -0.399 e. The van der Waals surface area contributed by atoms with E-state index in [2.05, 4.69) is 24.2 Å². The summed E-state index contributed by atoms with van der Waals surface area (Å²) in [5.41, 5.74) is 8.29. The standard InChI is InChI=1S/C17H27N3O/c1-12-8-9-14(18)10-15(12)19-17(21)11-20(3)16-7-5-4-6-13(16)2/h8-10,13,16H,4-7,11,18H2,1-3H3,(H,19,21). The predicted molar refractivity (Wildman–Crippen MR) is 88.3 cm³/mol. The Bertz CT molecular complexity index is 501. The van der Waals surface area contributed by atoms with Gasteiger partial charge >= 0.3 is 0 Å². The summed E-state index contributed by atoms with van der Waals surface area (Å²) in [6, 6.07) is 6.11. The number of nitrogen functional groups attached to an aromatic ring is 1. The minimum absolute atomic E-state index is 0.0315. The number of likely N-dealkylation sites (N-methyl/N-ethyl adjacent to an activating group) is 1. The topological polar surface area (TPSA) is 58.4 Å². The van der Waals surface area contributed by atoms with E-state index in [-0.39, 0.29) is 5.91 Å². The van der Waals surface area contributed by atoms with E-state index >= 15 is 0 Å². The molecule has 4 heteroatoms. The molecule has 0 radical (unpaired) electrons. The second kappa shape index (κ2) is 6.94. The Morgan fingerprint density at radius 1 is 1.38 bits per heavy atom. The van der Waals surface area contributed by atoms with Crippen LogP contribution in [-0.4, -0.2) is 30.4 Å². The van der Waals surface area contributed by atoms with Crippen LogP contribution >= 0.6 is 0 Å². The SMILES string of the molecule is Cc1ccc(N)cc1NC(=O)CN(C)C1CCCCC1C. The molecule has 1 aliphatic carbocycles. The van der Waals surface area contributed by atoms with Gasteiger partial charge in [0.1, 0.15) is 0 Å². The molecule has 0 bridgehead atoms. The fourth-order valence-electron chi connectivity index (χ4n) is 3.26. The van der Waals surface area contributed by atoms with Crippen molar-refractivity contribution < 1.29 is 4.79 Å². The van der Waals surface area contributed by atoms with E-state index in [0.29, 0.717) is 24.2 Å².